The summed E-state index contributed by atoms with van der Waals surface area (Å²) in [6, 6.07) is 0. The molecule has 16 heavy (non-hydrogen) atoms. The number of hydrogen-bond donors (Lipinski definition) is 3. The van der Waals surface area contributed by atoms with Gasteiger partial charge >= 0.3 is 0 Å². The van der Waals surface area contributed by atoms with E-state index in [1.54, 1.807) is 20.4 Å². The number of nitrogen functional groups attached to an aromatic ring is 1. The Labute approximate surface area is 92.3 Å². The molecule has 0 aliphatic rings. The first-order valence-corrected chi connectivity index (χ1v) is 5.04. The fraction of sp³-hybridized carbons (Fsp3) is 0.444. The molecule has 0 spiro atoms. The molecule has 0 saturated heterocycles. The highest BCUT2D eigenvalue weighted by Gasteiger charge is 2.11. The van der Waals surface area contributed by atoms with Crippen molar-refractivity contribution in [1.82, 2.24) is 14.1 Å². The van der Waals surface area contributed by atoms with Gasteiger partial charge in [0.25, 0.3) is 0 Å². The van der Waals surface area contributed by atoms with Gasteiger partial charge in [0.2, 0.25) is 0 Å². The van der Waals surface area contributed by atoms with Crippen LogP contribution in [0.4, 0.5) is 5.82 Å². The number of nitrogens with zero attached hydrogens (tertiary/aromatic N) is 4. The van der Waals surface area contributed by atoms with E-state index in [-0.39, 0.29) is 13.2 Å². The number of anilines is 1. The highest BCUT2D eigenvalue weighted by molar-refractivity contribution is 5.61. The Hall–Kier alpha value is -1.73. The van der Waals surface area contributed by atoms with Gasteiger partial charge in [0.15, 0.2) is 11.5 Å². The summed E-state index contributed by atoms with van der Waals surface area (Å²) in [5.74, 6) is 0.422. The van der Waals surface area contributed by atoms with Crippen molar-refractivity contribution in [1.29, 1.82) is 0 Å². The summed E-state index contributed by atoms with van der Waals surface area (Å²) in [5, 5.41) is 19.7. The highest BCUT2D eigenvalue weighted by Crippen LogP contribution is 2.12. The molecular formula is C9H15N5O2. The van der Waals surface area contributed by atoms with Crippen molar-refractivity contribution in [2.24, 2.45) is 0 Å². The maximum Gasteiger partial charge on any atom is 0.180 e. The van der Waals surface area contributed by atoms with Gasteiger partial charge in [-0.3, -0.25) is 4.40 Å². The van der Waals surface area contributed by atoms with Crippen LogP contribution >= 0.6 is 0 Å². The molecule has 7 heteroatoms. The predicted molar refractivity (Wildman–Crippen MR) is 59.7 cm³/mol. The molecule has 4 N–H and O–H groups in total. The van der Waals surface area contributed by atoms with Crippen molar-refractivity contribution in [2.45, 2.75) is 0 Å². The van der Waals surface area contributed by atoms with Gasteiger partial charge in [-0.25, -0.2) is 9.66 Å². The van der Waals surface area contributed by atoms with Crippen LogP contribution in [0.2, 0.25) is 0 Å². The summed E-state index contributed by atoms with van der Waals surface area (Å²) in [6.45, 7) is 0.877. The zero-order chi connectivity index (χ0) is 11.5. The third-order valence-electron chi connectivity index (χ3n) is 2.40. The number of aromatic nitrogens is 3. The highest BCUT2D eigenvalue weighted by atomic mass is 16.3. The van der Waals surface area contributed by atoms with Crippen molar-refractivity contribution in [3.63, 3.8) is 0 Å². The Balaban J connectivity index is 2.38. The van der Waals surface area contributed by atoms with Gasteiger partial charge in [0, 0.05) is 12.4 Å². The van der Waals surface area contributed by atoms with Crippen LogP contribution < -0.4 is 10.7 Å². The maximum atomic E-state index is 8.96. The zero-order valence-corrected chi connectivity index (χ0v) is 8.82. The van der Waals surface area contributed by atoms with E-state index < -0.39 is 0 Å². The lowest BCUT2D eigenvalue weighted by molar-refractivity contribution is 0.266. The third kappa shape index (κ3) is 1.70. The molecule has 7 nitrogen and oxygen atoms in total. The molecule has 0 saturated carbocycles. The summed E-state index contributed by atoms with van der Waals surface area (Å²) in [7, 11) is 0. The Morgan fingerprint density at radius 1 is 1.25 bits per heavy atom. The first-order valence-electron chi connectivity index (χ1n) is 5.04. The largest absolute Gasteiger partial charge is 0.394 e. The van der Waals surface area contributed by atoms with Gasteiger partial charge < -0.3 is 21.0 Å². The number of hydrogen-bond acceptors (Lipinski definition) is 5. The summed E-state index contributed by atoms with van der Waals surface area (Å²) in [5.41, 5.74) is 6.49. The van der Waals surface area contributed by atoms with Crippen molar-refractivity contribution in [3.05, 3.63) is 18.7 Å². The normalized spacial score (nSPS) is 11.1. The molecule has 0 unspecified atom stereocenters. The van der Waals surface area contributed by atoms with E-state index in [1.165, 1.54) is 0 Å². The number of fused-ring (bicyclic) bond motifs is 1. The lowest BCUT2D eigenvalue weighted by Crippen LogP contribution is -2.39. The SMILES string of the molecule is Nc1ncn2ccn(N(CCO)CCO)c12. The molecule has 2 heterocycles. The molecule has 0 fully saturated rings. The van der Waals surface area contributed by atoms with Crippen LogP contribution in [0.25, 0.3) is 5.65 Å². The quantitative estimate of drug-likeness (QED) is 0.584. The average molecular weight is 225 g/mol. The predicted octanol–water partition coefficient (Wildman–Crippen LogP) is -1.36. The Morgan fingerprint density at radius 2 is 1.94 bits per heavy atom. The van der Waals surface area contributed by atoms with Gasteiger partial charge in [-0.15, -0.1) is 0 Å². The maximum absolute atomic E-state index is 8.96. The molecule has 88 valence electrons. The minimum Gasteiger partial charge on any atom is -0.394 e. The van der Waals surface area contributed by atoms with E-state index in [1.807, 2.05) is 12.4 Å². The van der Waals surface area contributed by atoms with Crippen molar-refractivity contribution in [3.8, 4) is 0 Å². The van der Waals surface area contributed by atoms with Crippen molar-refractivity contribution in [2.75, 3.05) is 37.0 Å². The van der Waals surface area contributed by atoms with E-state index in [9.17, 15) is 0 Å². The van der Waals surface area contributed by atoms with Crippen LogP contribution in [-0.4, -0.2) is 50.6 Å². The van der Waals surface area contributed by atoms with Crippen molar-refractivity contribution < 1.29 is 10.2 Å². The van der Waals surface area contributed by atoms with Gasteiger partial charge in [0.1, 0.15) is 6.33 Å². The first-order chi connectivity index (χ1) is 7.77. The smallest absolute Gasteiger partial charge is 0.180 e. The van der Waals surface area contributed by atoms with E-state index in [0.29, 0.717) is 18.9 Å². The molecule has 2 rings (SSSR count). The van der Waals surface area contributed by atoms with Crippen LogP contribution in [0.5, 0.6) is 0 Å². The minimum atomic E-state index is 0.0123. The number of imidazole rings is 2. The second kappa shape index (κ2) is 4.42. The lowest BCUT2D eigenvalue weighted by atomic mass is 10.5. The fourth-order valence-corrected chi connectivity index (χ4v) is 1.71. The summed E-state index contributed by atoms with van der Waals surface area (Å²) in [4.78, 5) is 3.99. The van der Waals surface area contributed by atoms with Crippen LogP contribution in [0.3, 0.4) is 0 Å². The number of nitrogens with two attached hydrogens (primary N) is 1. The Kier molecular flexibility index (Phi) is 2.97. The van der Waals surface area contributed by atoms with Crippen LogP contribution in [-0.2, 0) is 0 Å². The van der Waals surface area contributed by atoms with E-state index in [2.05, 4.69) is 4.98 Å². The average Bonchev–Trinajstić information content (AvgIpc) is 2.82. The molecule has 2 aromatic rings. The Morgan fingerprint density at radius 3 is 2.56 bits per heavy atom. The second-order valence-corrected chi connectivity index (χ2v) is 3.40. The zero-order valence-electron chi connectivity index (χ0n) is 8.82. The second-order valence-electron chi connectivity index (χ2n) is 3.40. The topological polar surface area (TPSA) is 92.0 Å². The summed E-state index contributed by atoms with van der Waals surface area (Å²) < 4.78 is 3.58. The van der Waals surface area contributed by atoms with Crippen LogP contribution in [0.15, 0.2) is 18.7 Å². The molecule has 0 amide bonds. The van der Waals surface area contributed by atoms with Crippen LogP contribution in [0, 0.1) is 0 Å². The number of rotatable bonds is 5. The molecule has 0 radical (unpaired) electrons. The summed E-state index contributed by atoms with van der Waals surface area (Å²) >= 11 is 0. The van der Waals surface area contributed by atoms with Gasteiger partial charge in [-0.1, -0.05) is 0 Å². The molecule has 2 aromatic heterocycles. The van der Waals surface area contributed by atoms with Gasteiger partial charge in [0.05, 0.1) is 26.3 Å². The molecule has 0 bridgehead atoms. The monoisotopic (exact) mass is 225 g/mol. The standard InChI is InChI=1S/C9H15N5O2/c10-8-9-12(7-11-8)1-2-14(9)13(3-5-15)4-6-16/h1-2,7,15-16H,3-6,10H2. The van der Waals surface area contributed by atoms with E-state index in [4.69, 9.17) is 15.9 Å². The summed E-state index contributed by atoms with van der Waals surface area (Å²) in [6.07, 6.45) is 5.26. The van der Waals surface area contributed by atoms with Gasteiger partial charge in [-0.2, -0.15) is 0 Å². The van der Waals surface area contributed by atoms with Crippen LogP contribution in [0.1, 0.15) is 0 Å². The van der Waals surface area contributed by atoms with E-state index >= 15 is 0 Å². The third-order valence-corrected chi connectivity index (χ3v) is 2.40. The number of aliphatic hydroxyl groups excluding tert-OH is 2. The molecular weight excluding hydrogens is 210 g/mol. The minimum absolute atomic E-state index is 0.0123. The first kappa shape index (κ1) is 10.8. The molecule has 0 aromatic carbocycles. The number of aliphatic hydroxyl groups is 2. The molecule has 0 aliphatic carbocycles. The van der Waals surface area contributed by atoms with Crippen molar-refractivity contribution >= 4 is 11.5 Å². The molecule has 0 atom stereocenters. The Bertz CT molecular complexity index is 457. The van der Waals surface area contributed by atoms with Gasteiger partial charge in [-0.05, 0) is 0 Å². The fourth-order valence-electron chi connectivity index (χ4n) is 1.71. The lowest BCUT2D eigenvalue weighted by Gasteiger charge is -2.24. The van der Waals surface area contributed by atoms with E-state index in [0.717, 1.165) is 5.65 Å². The molecule has 0 aliphatic heterocycles.